The Morgan fingerprint density at radius 2 is 2.33 bits per heavy atom. The fourth-order valence-corrected chi connectivity index (χ4v) is 2.94. The van der Waals surface area contributed by atoms with Crippen molar-refractivity contribution in [3.8, 4) is 5.75 Å². The van der Waals surface area contributed by atoms with Crippen molar-refractivity contribution in [1.82, 2.24) is 4.90 Å². The van der Waals surface area contributed by atoms with Gasteiger partial charge in [0.15, 0.2) is 0 Å². The van der Waals surface area contributed by atoms with Gasteiger partial charge >= 0.3 is 0 Å². The van der Waals surface area contributed by atoms with Gasteiger partial charge in [0.1, 0.15) is 5.75 Å². The maximum Gasteiger partial charge on any atom is 0.122 e. The van der Waals surface area contributed by atoms with Gasteiger partial charge in [0.05, 0.1) is 7.11 Å². The molecule has 98 valence electrons. The third-order valence-electron chi connectivity index (χ3n) is 3.92. The van der Waals surface area contributed by atoms with E-state index in [0.29, 0.717) is 6.04 Å². The van der Waals surface area contributed by atoms with Crippen molar-refractivity contribution in [1.29, 1.82) is 0 Å². The third-order valence-corrected chi connectivity index (χ3v) is 3.92. The van der Waals surface area contributed by atoms with E-state index in [-0.39, 0.29) is 0 Å². The predicted octanol–water partition coefficient (Wildman–Crippen LogP) is 3.06. The van der Waals surface area contributed by atoms with Gasteiger partial charge in [-0.05, 0) is 43.0 Å². The average molecular weight is 245 g/mol. The maximum atomic E-state index is 5.50. The number of methoxy groups -OCH3 is 1. The molecule has 0 heterocycles. The van der Waals surface area contributed by atoms with Gasteiger partial charge in [-0.25, -0.2) is 0 Å². The number of rotatable bonds is 5. The van der Waals surface area contributed by atoms with Gasteiger partial charge < -0.3 is 4.74 Å². The van der Waals surface area contributed by atoms with Crippen LogP contribution in [0.5, 0.6) is 5.75 Å². The van der Waals surface area contributed by atoms with Crippen LogP contribution in [-0.4, -0.2) is 31.1 Å². The summed E-state index contributed by atoms with van der Waals surface area (Å²) in [6.45, 7) is 8.14. The van der Waals surface area contributed by atoms with Crippen molar-refractivity contribution >= 4 is 0 Å². The summed E-state index contributed by atoms with van der Waals surface area (Å²) in [5.41, 5.74) is 2.86. The van der Waals surface area contributed by atoms with Gasteiger partial charge in [0.2, 0.25) is 0 Å². The lowest BCUT2D eigenvalue weighted by atomic mass is 9.87. The first-order chi connectivity index (χ1) is 8.80. The number of hydrogen-bond donors (Lipinski definition) is 0. The van der Waals surface area contributed by atoms with Crippen LogP contribution in [0.25, 0.3) is 0 Å². The summed E-state index contributed by atoms with van der Waals surface area (Å²) in [4.78, 5) is 2.50. The van der Waals surface area contributed by atoms with Gasteiger partial charge in [-0.1, -0.05) is 25.1 Å². The zero-order valence-electron chi connectivity index (χ0n) is 11.5. The fourth-order valence-electron chi connectivity index (χ4n) is 2.94. The number of ether oxygens (including phenoxy) is 1. The standard InChI is InChI=1S/C16H23NO/c1-4-11-17(5-2)14-10-9-13-7-6-8-16(18-3)15(13)12-14/h4,6-8,14H,1,5,9-12H2,2-3H3. The molecule has 1 aromatic rings. The van der Waals surface area contributed by atoms with Gasteiger partial charge in [-0.15, -0.1) is 6.58 Å². The topological polar surface area (TPSA) is 12.5 Å². The van der Waals surface area contributed by atoms with Gasteiger partial charge in [0.25, 0.3) is 0 Å². The number of hydrogen-bond acceptors (Lipinski definition) is 2. The lowest BCUT2D eigenvalue weighted by Crippen LogP contribution is -2.39. The molecule has 0 spiro atoms. The normalized spacial score (nSPS) is 18.5. The summed E-state index contributed by atoms with van der Waals surface area (Å²) >= 11 is 0. The molecule has 2 nitrogen and oxygen atoms in total. The first-order valence-electron chi connectivity index (χ1n) is 6.79. The minimum atomic E-state index is 0.622. The van der Waals surface area contributed by atoms with Crippen LogP contribution in [0.3, 0.4) is 0 Å². The number of fused-ring (bicyclic) bond motifs is 1. The van der Waals surface area contributed by atoms with E-state index in [1.54, 1.807) is 7.11 Å². The van der Waals surface area contributed by atoms with E-state index >= 15 is 0 Å². The highest BCUT2D eigenvalue weighted by atomic mass is 16.5. The predicted molar refractivity (Wildman–Crippen MR) is 76.3 cm³/mol. The van der Waals surface area contributed by atoms with Crippen LogP contribution in [0, 0.1) is 0 Å². The van der Waals surface area contributed by atoms with E-state index in [1.807, 2.05) is 6.08 Å². The number of likely N-dealkylation sites (N-methyl/N-ethyl adjacent to an activating group) is 1. The minimum absolute atomic E-state index is 0.622. The Bertz CT molecular complexity index is 399. The molecule has 1 aliphatic rings. The van der Waals surface area contributed by atoms with Crippen molar-refractivity contribution in [3.63, 3.8) is 0 Å². The summed E-state index contributed by atoms with van der Waals surface area (Å²) in [5.74, 6) is 1.05. The molecule has 0 fully saturated rings. The second-order valence-electron chi connectivity index (χ2n) is 4.87. The molecular formula is C16H23NO. The van der Waals surface area contributed by atoms with Crippen LogP contribution in [0.2, 0.25) is 0 Å². The molecule has 0 aliphatic heterocycles. The molecule has 0 amide bonds. The van der Waals surface area contributed by atoms with Gasteiger partial charge in [-0.3, -0.25) is 4.90 Å². The van der Waals surface area contributed by atoms with Crippen molar-refractivity contribution in [2.45, 2.75) is 32.2 Å². The second-order valence-corrected chi connectivity index (χ2v) is 4.87. The van der Waals surface area contributed by atoms with Crippen LogP contribution in [0.15, 0.2) is 30.9 Å². The van der Waals surface area contributed by atoms with E-state index in [1.165, 1.54) is 17.5 Å². The number of aryl methyl sites for hydroxylation is 1. The van der Waals surface area contributed by atoms with Crippen molar-refractivity contribution < 1.29 is 4.74 Å². The van der Waals surface area contributed by atoms with Crippen molar-refractivity contribution in [2.75, 3.05) is 20.2 Å². The second kappa shape index (κ2) is 6.05. The van der Waals surface area contributed by atoms with E-state index in [0.717, 1.165) is 31.7 Å². The highest BCUT2D eigenvalue weighted by Crippen LogP contribution is 2.31. The van der Waals surface area contributed by atoms with E-state index < -0.39 is 0 Å². The molecule has 0 radical (unpaired) electrons. The summed E-state index contributed by atoms with van der Waals surface area (Å²) in [6.07, 6.45) is 5.49. The van der Waals surface area contributed by atoms with Gasteiger partial charge in [0, 0.05) is 12.6 Å². The van der Waals surface area contributed by atoms with Crippen LogP contribution in [0.1, 0.15) is 24.5 Å². The maximum absolute atomic E-state index is 5.50. The summed E-state index contributed by atoms with van der Waals surface area (Å²) in [7, 11) is 1.76. The fraction of sp³-hybridized carbons (Fsp3) is 0.500. The first kappa shape index (κ1) is 13.2. The number of nitrogens with zero attached hydrogens (tertiary/aromatic N) is 1. The lowest BCUT2D eigenvalue weighted by Gasteiger charge is -2.34. The van der Waals surface area contributed by atoms with Crippen molar-refractivity contribution in [2.24, 2.45) is 0 Å². The smallest absolute Gasteiger partial charge is 0.122 e. The molecule has 0 saturated carbocycles. The zero-order chi connectivity index (χ0) is 13.0. The first-order valence-corrected chi connectivity index (χ1v) is 6.79. The summed E-state index contributed by atoms with van der Waals surface area (Å²) in [5, 5.41) is 0. The SMILES string of the molecule is C=CCN(CC)C1CCc2cccc(OC)c2C1. The Hall–Kier alpha value is -1.28. The molecule has 0 bridgehead atoms. The summed E-state index contributed by atoms with van der Waals surface area (Å²) in [6, 6.07) is 7.03. The zero-order valence-corrected chi connectivity index (χ0v) is 11.5. The van der Waals surface area contributed by atoms with Crippen LogP contribution < -0.4 is 4.74 Å². The highest BCUT2D eigenvalue weighted by molar-refractivity contribution is 5.42. The van der Waals surface area contributed by atoms with E-state index in [2.05, 4.69) is 36.6 Å². The Morgan fingerprint density at radius 1 is 1.50 bits per heavy atom. The molecule has 1 aliphatic carbocycles. The molecule has 1 atom stereocenters. The molecular weight excluding hydrogens is 222 g/mol. The molecule has 0 N–H and O–H groups in total. The minimum Gasteiger partial charge on any atom is -0.496 e. The monoisotopic (exact) mass is 245 g/mol. The molecule has 1 unspecified atom stereocenters. The molecule has 1 aromatic carbocycles. The largest absolute Gasteiger partial charge is 0.496 e. The molecule has 0 aromatic heterocycles. The molecule has 18 heavy (non-hydrogen) atoms. The van der Waals surface area contributed by atoms with Crippen LogP contribution in [0.4, 0.5) is 0 Å². The molecule has 2 heteroatoms. The average Bonchev–Trinajstić information content (AvgIpc) is 2.43. The third kappa shape index (κ3) is 2.59. The molecule has 2 rings (SSSR count). The van der Waals surface area contributed by atoms with E-state index in [4.69, 9.17) is 4.74 Å². The van der Waals surface area contributed by atoms with Crippen molar-refractivity contribution in [3.05, 3.63) is 42.0 Å². The van der Waals surface area contributed by atoms with Crippen LogP contribution in [-0.2, 0) is 12.8 Å². The molecule has 0 saturated heterocycles. The van der Waals surface area contributed by atoms with E-state index in [9.17, 15) is 0 Å². The Kier molecular flexibility index (Phi) is 4.43. The Balaban J connectivity index is 2.20. The highest BCUT2D eigenvalue weighted by Gasteiger charge is 2.24. The Morgan fingerprint density at radius 3 is 3.00 bits per heavy atom. The van der Waals surface area contributed by atoms with Gasteiger partial charge in [-0.2, -0.15) is 0 Å². The number of benzene rings is 1. The Labute approximate surface area is 110 Å². The van der Waals surface area contributed by atoms with Crippen LogP contribution >= 0.6 is 0 Å². The summed E-state index contributed by atoms with van der Waals surface area (Å²) < 4.78 is 5.50. The quantitative estimate of drug-likeness (QED) is 0.739. The lowest BCUT2D eigenvalue weighted by molar-refractivity contribution is 0.207.